The third-order valence-electron chi connectivity index (χ3n) is 9.30. The molecule has 0 spiro atoms. The van der Waals surface area contributed by atoms with Crippen LogP contribution >= 0.6 is 11.3 Å². The fourth-order valence-electron chi connectivity index (χ4n) is 6.66. The van der Waals surface area contributed by atoms with Crippen molar-refractivity contribution in [2.24, 2.45) is 5.41 Å². The molecular weight excluding hydrogens is 623 g/mol. The summed E-state index contributed by atoms with van der Waals surface area (Å²) in [5.74, 6) is -0.361. The lowest BCUT2D eigenvalue weighted by Gasteiger charge is -2.43. The van der Waals surface area contributed by atoms with Crippen molar-refractivity contribution in [3.63, 3.8) is 0 Å². The van der Waals surface area contributed by atoms with Crippen LogP contribution in [0.3, 0.4) is 0 Å². The van der Waals surface area contributed by atoms with E-state index in [9.17, 15) is 14.7 Å². The van der Waals surface area contributed by atoms with Crippen LogP contribution in [-0.4, -0.2) is 64.3 Å². The monoisotopic (exact) mass is 661 g/mol. The number of thiophene rings is 1. The Hall–Kier alpha value is -4.93. The van der Waals surface area contributed by atoms with Gasteiger partial charge >= 0.3 is 5.97 Å². The van der Waals surface area contributed by atoms with Gasteiger partial charge in [0.2, 0.25) is 0 Å². The van der Waals surface area contributed by atoms with Crippen LogP contribution in [0.2, 0.25) is 0 Å². The van der Waals surface area contributed by atoms with E-state index in [0.29, 0.717) is 24.4 Å². The molecule has 5 aromatic rings. The quantitative estimate of drug-likeness (QED) is 0.148. The average Bonchev–Trinajstić information content (AvgIpc) is 3.77. The summed E-state index contributed by atoms with van der Waals surface area (Å²) in [5.41, 5.74) is 6.38. The van der Waals surface area contributed by atoms with Crippen LogP contribution in [0.25, 0.3) is 16.6 Å². The smallest absolute Gasteiger partial charge is 0.335 e. The van der Waals surface area contributed by atoms with Gasteiger partial charge in [0.1, 0.15) is 11.4 Å². The lowest BCUT2D eigenvalue weighted by atomic mass is 9.73. The summed E-state index contributed by atoms with van der Waals surface area (Å²) in [7, 11) is 0. The molecule has 0 saturated carbocycles. The Morgan fingerprint density at radius 3 is 2.67 bits per heavy atom. The van der Waals surface area contributed by atoms with Gasteiger partial charge in [0.05, 0.1) is 23.9 Å². The third-order valence-corrected chi connectivity index (χ3v) is 10.3. The van der Waals surface area contributed by atoms with Gasteiger partial charge < -0.3 is 25.0 Å². The molecule has 1 atom stereocenters. The highest BCUT2D eigenvalue weighted by molar-refractivity contribution is 7.11. The molecule has 0 radical (unpaired) electrons. The summed E-state index contributed by atoms with van der Waals surface area (Å²) in [6, 6.07) is 22.6. The number of hydrogen-bond donors (Lipinski definition) is 3. The molecule has 48 heavy (non-hydrogen) atoms. The second kappa shape index (κ2) is 13.3. The molecule has 1 amide bonds. The van der Waals surface area contributed by atoms with E-state index in [1.807, 2.05) is 66.2 Å². The lowest BCUT2D eigenvalue weighted by Crippen LogP contribution is -2.56. The number of hydrogen-bond acceptors (Lipinski definition) is 7. The molecule has 7 rings (SSSR count). The molecule has 0 bridgehead atoms. The fourth-order valence-corrected chi connectivity index (χ4v) is 7.64. The Morgan fingerprint density at radius 1 is 1.06 bits per heavy atom. The maximum absolute atomic E-state index is 13.1. The number of anilines is 2. The summed E-state index contributed by atoms with van der Waals surface area (Å²) < 4.78 is 6.65. The second-order valence-corrected chi connectivity index (χ2v) is 14.3. The maximum atomic E-state index is 13.1. The van der Waals surface area contributed by atoms with Crippen molar-refractivity contribution in [3.05, 3.63) is 112 Å². The number of piperazine rings is 1. The molecule has 3 aromatic heterocycles. The number of H-pyrrole nitrogens is 1. The van der Waals surface area contributed by atoms with E-state index in [2.05, 4.69) is 45.0 Å². The van der Waals surface area contributed by atoms with Gasteiger partial charge in [-0.15, -0.1) is 11.3 Å². The highest BCUT2D eigenvalue weighted by Crippen LogP contribution is 2.45. The number of carbonyl (C=O) groups excluding carboxylic acids is 1. The molecule has 10 heteroatoms. The first-order valence-electron chi connectivity index (χ1n) is 16.3. The molecule has 2 aromatic carbocycles. The average molecular weight is 662 g/mol. The highest BCUT2D eigenvalue weighted by Gasteiger charge is 2.33. The number of nitrogens with zero attached hydrogens (tertiary/aromatic N) is 3. The number of pyridine rings is 1. The summed E-state index contributed by atoms with van der Waals surface area (Å²) in [4.78, 5) is 38.1. The number of rotatable bonds is 9. The number of allylic oxidation sites excluding steroid dienone is 1. The zero-order valence-corrected chi connectivity index (χ0v) is 27.9. The Bertz CT molecular complexity index is 1960. The number of fused-ring (bicyclic) bond motifs is 1. The predicted molar refractivity (Wildman–Crippen MR) is 191 cm³/mol. The summed E-state index contributed by atoms with van der Waals surface area (Å²) >= 11 is 1.64. The second-order valence-electron chi connectivity index (χ2n) is 13.4. The number of aromatic nitrogens is 2. The number of aromatic amines is 1. The van der Waals surface area contributed by atoms with Gasteiger partial charge in [-0.1, -0.05) is 37.6 Å². The van der Waals surface area contributed by atoms with Crippen molar-refractivity contribution in [2.75, 3.05) is 36.4 Å². The van der Waals surface area contributed by atoms with Crippen molar-refractivity contribution in [3.8, 4) is 5.75 Å². The van der Waals surface area contributed by atoms with Crippen molar-refractivity contribution in [1.82, 2.24) is 14.9 Å². The largest absolute Gasteiger partial charge is 0.478 e. The van der Waals surface area contributed by atoms with Gasteiger partial charge in [0, 0.05) is 52.8 Å². The van der Waals surface area contributed by atoms with Gasteiger partial charge in [-0.3, -0.25) is 9.69 Å². The fraction of sp³-hybridized carbons (Fsp3) is 0.289. The van der Waals surface area contributed by atoms with Gasteiger partial charge in [-0.25, -0.2) is 9.78 Å². The molecule has 1 aliphatic carbocycles. The van der Waals surface area contributed by atoms with Crippen LogP contribution in [0.1, 0.15) is 58.7 Å². The lowest BCUT2D eigenvalue weighted by molar-refractivity contribution is 0.0696. The molecule has 246 valence electrons. The number of nitrogens with one attached hydrogen (secondary N) is 2. The van der Waals surface area contributed by atoms with E-state index < -0.39 is 5.97 Å². The number of carbonyl (C=O) groups is 2. The number of carboxylic acids is 1. The van der Waals surface area contributed by atoms with E-state index in [1.54, 1.807) is 29.7 Å². The molecule has 4 heterocycles. The zero-order valence-electron chi connectivity index (χ0n) is 27.1. The number of amides is 1. The van der Waals surface area contributed by atoms with Crippen LogP contribution in [-0.2, 0) is 0 Å². The molecule has 9 nitrogen and oxygen atoms in total. The Labute approximate surface area is 283 Å². The topological polar surface area (TPSA) is 111 Å². The number of para-hydroxylation sites is 1. The van der Waals surface area contributed by atoms with Gasteiger partial charge in [0.15, 0.2) is 6.23 Å². The van der Waals surface area contributed by atoms with Crippen molar-refractivity contribution in [1.29, 1.82) is 0 Å². The van der Waals surface area contributed by atoms with Crippen LogP contribution in [0.4, 0.5) is 11.4 Å². The summed E-state index contributed by atoms with van der Waals surface area (Å²) in [5, 5.41) is 15.4. The third kappa shape index (κ3) is 7.00. The Morgan fingerprint density at radius 2 is 1.88 bits per heavy atom. The normalized spacial score (nSPS) is 18.2. The summed E-state index contributed by atoms with van der Waals surface area (Å²) in [6.45, 7) is 7.66. The van der Waals surface area contributed by atoms with E-state index in [-0.39, 0.29) is 23.1 Å². The molecular formula is C38H39N5O4S. The minimum absolute atomic E-state index is 0.0965. The Kier molecular flexibility index (Phi) is 8.77. The molecule has 1 aliphatic heterocycles. The maximum Gasteiger partial charge on any atom is 0.335 e. The van der Waals surface area contributed by atoms with Gasteiger partial charge in [-0.2, -0.15) is 0 Å². The van der Waals surface area contributed by atoms with Crippen LogP contribution in [0.15, 0.2) is 96.1 Å². The highest BCUT2D eigenvalue weighted by atomic mass is 32.1. The first-order valence-corrected chi connectivity index (χ1v) is 17.2. The van der Waals surface area contributed by atoms with Crippen LogP contribution in [0, 0.1) is 5.41 Å². The number of aromatic carboxylic acids is 1. The molecule has 3 N–H and O–H groups in total. The summed E-state index contributed by atoms with van der Waals surface area (Å²) in [6.07, 6.45) is 6.37. The minimum atomic E-state index is -0.945. The van der Waals surface area contributed by atoms with E-state index in [4.69, 9.17) is 4.74 Å². The van der Waals surface area contributed by atoms with Crippen molar-refractivity contribution in [2.45, 2.75) is 39.3 Å². The van der Waals surface area contributed by atoms with E-state index in [0.717, 1.165) is 59.6 Å². The van der Waals surface area contributed by atoms with Crippen molar-refractivity contribution < 1.29 is 19.4 Å². The molecule has 1 saturated heterocycles. The van der Waals surface area contributed by atoms with E-state index in [1.165, 1.54) is 11.1 Å². The van der Waals surface area contributed by atoms with Crippen molar-refractivity contribution >= 4 is 51.2 Å². The van der Waals surface area contributed by atoms with Gasteiger partial charge in [0.25, 0.3) is 5.91 Å². The molecule has 1 unspecified atom stereocenters. The zero-order chi connectivity index (χ0) is 33.3. The molecule has 2 aliphatic rings. The first-order chi connectivity index (χ1) is 23.2. The van der Waals surface area contributed by atoms with Crippen LogP contribution in [0.5, 0.6) is 5.75 Å². The first kappa shape index (κ1) is 31.7. The Balaban J connectivity index is 1.14. The number of ether oxygens (including phenoxy) is 1. The SMILES string of the molecule is CC1(C)CCC(CN2CCN(c3ccc(C(=O)O)cc3)C(Oc3cnc4[nH]ccc4c3)C2)=C(c2cc(C(=O)Nc3ccccc3)cs2)C1. The minimum Gasteiger partial charge on any atom is -0.478 e. The standard InChI is InChI=1S/C38H39N5O4S/c1-38(2)14-12-27(32(20-38)33-19-28(24-48-33)36(44)41-29-6-4-3-5-7-29)22-42-16-17-43(30-10-8-25(9-11-30)37(45)46)34(23-42)47-31-18-26-13-15-39-35(26)40-21-31/h3-11,13,15,18-19,21,24,34H,12,14,16-17,20,22-23H2,1-2H3,(H,39,40)(H,41,44)(H,45,46). The predicted octanol–water partition coefficient (Wildman–Crippen LogP) is 7.77. The molecule has 1 fully saturated rings. The van der Waals surface area contributed by atoms with E-state index >= 15 is 0 Å². The van der Waals surface area contributed by atoms with Crippen LogP contribution < -0.4 is 15.0 Å². The number of benzene rings is 2. The number of carboxylic acid groups (broad SMARTS) is 1. The van der Waals surface area contributed by atoms with Gasteiger partial charge in [-0.05, 0) is 84.8 Å².